The van der Waals surface area contributed by atoms with Crippen LogP contribution in [0.1, 0.15) is 17.0 Å². The molecule has 0 radical (unpaired) electrons. The lowest BCUT2D eigenvalue weighted by Crippen LogP contribution is -2.00. The quantitative estimate of drug-likeness (QED) is 0.568. The highest BCUT2D eigenvalue weighted by Gasteiger charge is 2.06. The SMILES string of the molecule is Fc1ccc(Cc2n[nH]c(=S)n2/N=C\c2cccc(Cl)c2)cc1. The zero-order valence-electron chi connectivity index (χ0n) is 11.9. The molecule has 3 aromatic rings. The second kappa shape index (κ2) is 6.85. The van der Waals surface area contributed by atoms with Gasteiger partial charge in [0.15, 0.2) is 5.82 Å². The van der Waals surface area contributed by atoms with Crippen LogP contribution in [0, 0.1) is 10.6 Å². The van der Waals surface area contributed by atoms with Crippen LogP contribution in [0.15, 0.2) is 53.6 Å². The summed E-state index contributed by atoms with van der Waals surface area (Å²) in [6.45, 7) is 0. The van der Waals surface area contributed by atoms with Crippen molar-refractivity contribution in [1.29, 1.82) is 0 Å². The van der Waals surface area contributed by atoms with Crippen LogP contribution >= 0.6 is 23.8 Å². The van der Waals surface area contributed by atoms with Crippen molar-refractivity contribution in [1.82, 2.24) is 14.9 Å². The fourth-order valence-corrected chi connectivity index (χ4v) is 2.45. The van der Waals surface area contributed by atoms with Crippen molar-refractivity contribution in [3.8, 4) is 0 Å². The first-order valence-corrected chi connectivity index (χ1v) is 7.61. The molecule has 0 atom stereocenters. The first kappa shape index (κ1) is 15.6. The number of aromatic amines is 1. The van der Waals surface area contributed by atoms with Crippen molar-refractivity contribution in [2.24, 2.45) is 5.10 Å². The van der Waals surface area contributed by atoms with E-state index in [2.05, 4.69) is 15.3 Å². The Balaban J connectivity index is 1.87. The normalized spacial score (nSPS) is 11.2. The van der Waals surface area contributed by atoms with Gasteiger partial charge in [-0.1, -0.05) is 35.9 Å². The summed E-state index contributed by atoms with van der Waals surface area (Å²) < 4.78 is 14.9. The van der Waals surface area contributed by atoms with Crippen molar-refractivity contribution in [2.45, 2.75) is 6.42 Å². The molecule has 4 nitrogen and oxygen atoms in total. The van der Waals surface area contributed by atoms with Crippen molar-refractivity contribution < 1.29 is 4.39 Å². The van der Waals surface area contributed by atoms with Gasteiger partial charge in [0, 0.05) is 11.4 Å². The second-order valence-corrected chi connectivity index (χ2v) is 5.68. The largest absolute Gasteiger partial charge is 0.250 e. The highest BCUT2D eigenvalue weighted by molar-refractivity contribution is 7.71. The summed E-state index contributed by atoms with van der Waals surface area (Å²) in [5.74, 6) is 0.367. The smallest absolute Gasteiger partial charge is 0.216 e. The van der Waals surface area contributed by atoms with E-state index in [1.807, 2.05) is 12.1 Å². The average Bonchev–Trinajstić information content (AvgIpc) is 2.88. The molecule has 0 aliphatic rings. The number of nitrogens with zero attached hydrogens (tertiary/aromatic N) is 3. The van der Waals surface area contributed by atoms with Gasteiger partial charge in [-0.25, -0.2) is 4.39 Å². The maximum Gasteiger partial charge on any atom is 0.216 e. The number of aromatic nitrogens is 3. The lowest BCUT2D eigenvalue weighted by atomic mass is 10.1. The maximum atomic E-state index is 13.0. The summed E-state index contributed by atoms with van der Waals surface area (Å²) in [7, 11) is 0. The highest BCUT2D eigenvalue weighted by atomic mass is 35.5. The Morgan fingerprint density at radius 1 is 1.26 bits per heavy atom. The Kier molecular flexibility index (Phi) is 4.64. The van der Waals surface area contributed by atoms with E-state index < -0.39 is 0 Å². The van der Waals surface area contributed by atoms with Crippen molar-refractivity contribution in [3.63, 3.8) is 0 Å². The van der Waals surface area contributed by atoms with Gasteiger partial charge in [-0.2, -0.15) is 14.9 Å². The van der Waals surface area contributed by atoms with Crippen LogP contribution in [0.2, 0.25) is 5.02 Å². The molecule has 0 aliphatic heterocycles. The van der Waals surface area contributed by atoms with E-state index in [9.17, 15) is 4.39 Å². The van der Waals surface area contributed by atoms with E-state index in [-0.39, 0.29) is 5.82 Å². The van der Waals surface area contributed by atoms with Gasteiger partial charge < -0.3 is 0 Å². The first-order chi connectivity index (χ1) is 11.1. The summed E-state index contributed by atoms with van der Waals surface area (Å²) in [4.78, 5) is 0. The third kappa shape index (κ3) is 3.91. The van der Waals surface area contributed by atoms with E-state index in [1.165, 1.54) is 12.1 Å². The van der Waals surface area contributed by atoms with Crippen molar-refractivity contribution in [3.05, 3.63) is 81.1 Å². The Bertz CT molecular complexity index is 899. The Morgan fingerprint density at radius 3 is 2.78 bits per heavy atom. The van der Waals surface area contributed by atoms with Crippen LogP contribution in [0.4, 0.5) is 4.39 Å². The molecule has 0 spiro atoms. The fraction of sp³-hybridized carbons (Fsp3) is 0.0625. The number of H-pyrrole nitrogens is 1. The van der Waals surface area contributed by atoms with Gasteiger partial charge in [0.2, 0.25) is 4.77 Å². The molecule has 0 aliphatic carbocycles. The van der Waals surface area contributed by atoms with Gasteiger partial charge in [0.25, 0.3) is 0 Å². The summed E-state index contributed by atoms with van der Waals surface area (Å²) in [5.41, 5.74) is 1.77. The molecule has 116 valence electrons. The summed E-state index contributed by atoms with van der Waals surface area (Å²) in [5, 5.41) is 11.9. The molecule has 0 amide bonds. The van der Waals surface area contributed by atoms with Gasteiger partial charge >= 0.3 is 0 Å². The molecule has 1 heterocycles. The Morgan fingerprint density at radius 2 is 2.04 bits per heavy atom. The molecular weight excluding hydrogens is 335 g/mol. The molecule has 3 rings (SSSR count). The fourth-order valence-electron chi connectivity index (χ4n) is 2.05. The van der Waals surface area contributed by atoms with Crippen LogP contribution < -0.4 is 0 Å². The molecule has 0 saturated carbocycles. The monoisotopic (exact) mass is 346 g/mol. The standard InChI is InChI=1S/C16H12ClFN4S/c17-13-3-1-2-12(8-13)10-19-22-15(20-21-16(22)23)9-11-4-6-14(18)7-5-11/h1-8,10H,9H2,(H,21,23)/b19-10-. The molecule has 7 heteroatoms. The van der Waals surface area contributed by atoms with Crippen LogP contribution in [0.3, 0.4) is 0 Å². The maximum absolute atomic E-state index is 13.0. The number of hydrogen-bond acceptors (Lipinski definition) is 3. The summed E-state index contributed by atoms with van der Waals surface area (Å²) in [6.07, 6.45) is 2.14. The van der Waals surface area contributed by atoms with Crippen LogP contribution in [0.25, 0.3) is 0 Å². The molecule has 0 bridgehead atoms. The van der Waals surface area contributed by atoms with Crippen LogP contribution in [-0.2, 0) is 6.42 Å². The Hall–Kier alpha value is -2.31. The van der Waals surface area contributed by atoms with Crippen molar-refractivity contribution >= 4 is 30.0 Å². The van der Waals surface area contributed by atoms with Gasteiger partial charge in [-0.3, -0.25) is 5.10 Å². The van der Waals surface area contributed by atoms with Gasteiger partial charge in [0.1, 0.15) is 5.82 Å². The molecule has 0 unspecified atom stereocenters. The average molecular weight is 347 g/mol. The zero-order valence-corrected chi connectivity index (χ0v) is 13.5. The lowest BCUT2D eigenvalue weighted by Gasteiger charge is -2.01. The predicted octanol–water partition coefficient (Wildman–Crippen LogP) is 4.21. The summed E-state index contributed by atoms with van der Waals surface area (Å²) >= 11 is 11.1. The Labute approximate surface area is 142 Å². The second-order valence-electron chi connectivity index (χ2n) is 4.86. The van der Waals surface area contributed by atoms with Crippen LogP contribution in [0.5, 0.6) is 0 Å². The first-order valence-electron chi connectivity index (χ1n) is 6.82. The van der Waals surface area contributed by atoms with Gasteiger partial charge in [0.05, 0.1) is 6.21 Å². The molecule has 0 fully saturated rings. The lowest BCUT2D eigenvalue weighted by molar-refractivity contribution is 0.627. The van der Waals surface area contributed by atoms with Gasteiger partial charge in [-0.05, 0) is 47.6 Å². The highest BCUT2D eigenvalue weighted by Crippen LogP contribution is 2.11. The third-order valence-electron chi connectivity index (χ3n) is 3.16. The number of hydrogen-bond donors (Lipinski definition) is 1. The number of benzene rings is 2. The van der Waals surface area contributed by atoms with Gasteiger partial charge in [-0.15, -0.1) is 0 Å². The van der Waals surface area contributed by atoms with E-state index in [4.69, 9.17) is 23.8 Å². The molecule has 2 aromatic carbocycles. The zero-order chi connectivity index (χ0) is 16.2. The minimum atomic E-state index is -0.272. The number of rotatable bonds is 4. The molecule has 1 N–H and O–H groups in total. The summed E-state index contributed by atoms with van der Waals surface area (Å²) in [6, 6.07) is 13.6. The molecular formula is C16H12ClFN4S. The minimum absolute atomic E-state index is 0.272. The molecule has 0 saturated heterocycles. The number of halogens is 2. The topological polar surface area (TPSA) is 46.0 Å². The van der Waals surface area contributed by atoms with E-state index in [0.29, 0.717) is 22.0 Å². The van der Waals surface area contributed by atoms with Crippen molar-refractivity contribution in [2.75, 3.05) is 0 Å². The third-order valence-corrected chi connectivity index (χ3v) is 3.66. The van der Waals surface area contributed by atoms with E-state index in [1.54, 1.807) is 35.2 Å². The van der Waals surface area contributed by atoms with E-state index >= 15 is 0 Å². The number of nitrogens with one attached hydrogen (secondary N) is 1. The van der Waals surface area contributed by atoms with E-state index in [0.717, 1.165) is 11.1 Å². The molecule has 1 aromatic heterocycles. The predicted molar refractivity (Wildman–Crippen MR) is 91.1 cm³/mol. The molecule has 23 heavy (non-hydrogen) atoms. The minimum Gasteiger partial charge on any atom is -0.250 e. The van der Waals surface area contributed by atoms with Crippen LogP contribution in [-0.4, -0.2) is 21.1 Å².